The van der Waals surface area contributed by atoms with Crippen LogP contribution in [-0.4, -0.2) is 56.2 Å². The van der Waals surface area contributed by atoms with Gasteiger partial charge in [-0.3, -0.25) is 9.69 Å². The number of carboxylic acids is 2. The van der Waals surface area contributed by atoms with Crippen molar-refractivity contribution in [2.24, 2.45) is 7.05 Å². The van der Waals surface area contributed by atoms with E-state index >= 15 is 0 Å². The minimum Gasteiger partial charge on any atom is -0.480 e. The van der Waals surface area contributed by atoms with Gasteiger partial charge in [0.2, 0.25) is 0 Å². The van der Waals surface area contributed by atoms with E-state index in [1.54, 1.807) is 29.4 Å². The summed E-state index contributed by atoms with van der Waals surface area (Å²) in [6.07, 6.45) is 0. The quantitative estimate of drug-likeness (QED) is 0.890. The number of aliphatic carboxylic acids is 1. The molecule has 0 unspecified atom stereocenters. The molecule has 0 bridgehead atoms. The number of rotatable bonds is 4. The molecule has 6 nitrogen and oxygen atoms in total. The SMILES string of the molecule is Cn1c(C(=O)O)c([C@H](C(=O)O)N2CCSCC2)c2ccccc21. The van der Waals surface area contributed by atoms with Gasteiger partial charge in [-0.2, -0.15) is 11.8 Å². The molecular formula is C16H18N2O4S. The number of aromatic nitrogens is 1. The molecule has 3 rings (SSSR count). The molecule has 1 aromatic heterocycles. The topological polar surface area (TPSA) is 82.8 Å². The summed E-state index contributed by atoms with van der Waals surface area (Å²) in [5.74, 6) is -0.388. The Balaban J connectivity index is 2.24. The molecule has 0 saturated carbocycles. The van der Waals surface area contributed by atoms with Crippen molar-refractivity contribution in [3.8, 4) is 0 Å². The molecule has 0 spiro atoms. The van der Waals surface area contributed by atoms with Gasteiger partial charge in [0, 0.05) is 48.1 Å². The zero-order valence-electron chi connectivity index (χ0n) is 12.7. The van der Waals surface area contributed by atoms with Crippen molar-refractivity contribution in [2.75, 3.05) is 24.6 Å². The van der Waals surface area contributed by atoms with E-state index in [1.807, 2.05) is 23.1 Å². The number of benzene rings is 1. The maximum atomic E-state index is 12.0. The predicted octanol–water partition coefficient (Wildman–Crippen LogP) is 2.05. The zero-order valence-corrected chi connectivity index (χ0v) is 13.5. The Bertz CT molecular complexity index is 765. The zero-order chi connectivity index (χ0) is 16.6. The van der Waals surface area contributed by atoms with E-state index in [4.69, 9.17) is 0 Å². The molecule has 2 aromatic rings. The minimum atomic E-state index is -1.10. The lowest BCUT2D eigenvalue weighted by atomic mass is 10.0. The Morgan fingerprint density at radius 2 is 1.83 bits per heavy atom. The summed E-state index contributed by atoms with van der Waals surface area (Å²) in [5.41, 5.74) is 1.17. The molecule has 0 amide bonds. The molecular weight excluding hydrogens is 316 g/mol. The highest BCUT2D eigenvalue weighted by Gasteiger charge is 2.35. The van der Waals surface area contributed by atoms with Crippen molar-refractivity contribution in [1.82, 2.24) is 9.47 Å². The van der Waals surface area contributed by atoms with Crippen LogP contribution in [-0.2, 0) is 11.8 Å². The fourth-order valence-electron chi connectivity index (χ4n) is 3.26. The summed E-state index contributed by atoms with van der Waals surface area (Å²) < 4.78 is 1.57. The number of aromatic carboxylic acids is 1. The van der Waals surface area contributed by atoms with E-state index in [0.29, 0.717) is 24.0 Å². The third-order valence-electron chi connectivity index (χ3n) is 4.27. The molecule has 0 aliphatic carbocycles. The first-order chi connectivity index (χ1) is 11.0. The third kappa shape index (κ3) is 2.70. The molecule has 1 fully saturated rings. The van der Waals surface area contributed by atoms with Crippen LogP contribution in [0.4, 0.5) is 0 Å². The van der Waals surface area contributed by atoms with Gasteiger partial charge in [-0.1, -0.05) is 18.2 Å². The lowest BCUT2D eigenvalue weighted by molar-refractivity contribution is -0.143. The Kier molecular flexibility index (Phi) is 4.32. The van der Waals surface area contributed by atoms with Gasteiger partial charge < -0.3 is 14.8 Å². The predicted molar refractivity (Wildman–Crippen MR) is 89.2 cm³/mol. The number of aryl methyl sites for hydroxylation is 1. The van der Waals surface area contributed by atoms with E-state index in [9.17, 15) is 19.8 Å². The van der Waals surface area contributed by atoms with E-state index < -0.39 is 18.0 Å². The van der Waals surface area contributed by atoms with Crippen molar-refractivity contribution in [1.29, 1.82) is 0 Å². The molecule has 1 saturated heterocycles. The van der Waals surface area contributed by atoms with Crippen LogP contribution in [0.5, 0.6) is 0 Å². The molecule has 23 heavy (non-hydrogen) atoms. The molecule has 1 aromatic carbocycles. The molecule has 1 atom stereocenters. The molecule has 2 N–H and O–H groups in total. The van der Waals surface area contributed by atoms with Crippen molar-refractivity contribution >= 4 is 34.6 Å². The summed E-state index contributed by atoms with van der Waals surface area (Å²) in [6, 6.07) is 6.31. The summed E-state index contributed by atoms with van der Waals surface area (Å²) >= 11 is 1.79. The average Bonchev–Trinajstić information content (AvgIpc) is 2.82. The standard InChI is InChI=1S/C16H18N2O4S/c1-17-11-5-3-2-4-10(11)12(13(17)15(19)20)14(16(21)22)18-6-8-23-9-7-18/h2-5,14H,6-9H2,1H3,(H,19,20)(H,21,22)/t14-/m1/s1. The maximum absolute atomic E-state index is 12.0. The monoisotopic (exact) mass is 334 g/mol. The normalized spacial score (nSPS) is 17.3. The van der Waals surface area contributed by atoms with Crippen molar-refractivity contribution < 1.29 is 19.8 Å². The Morgan fingerprint density at radius 3 is 2.43 bits per heavy atom. The third-order valence-corrected chi connectivity index (χ3v) is 5.21. The molecule has 122 valence electrons. The highest BCUT2D eigenvalue weighted by atomic mass is 32.2. The number of nitrogens with zero attached hydrogens (tertiary/aromatic N) is 2. The van der Waals surface area contributed by atoms with Crippen LogP contribution in [0.3, 0.4) is 0 Å². The molecule has 7 heteroatoms. The van der Waals surface area contributed by atoms with Gasteiger partial charge in [-0.05, 0) is 6.07 Å². The molecule has 1 aliphatic heterocycles. The number of hydrogen-bond acceptors (Lipinski definition) is 4. The number of fused-ring (bicyclic) bond motifs is 1. The lowest BCUT2D eigenvalue weighted by Crippen LogP contribution is -2.40. The second-order valence-electron chi connectivity index (χ2n) is 5.53. The van der Waals surface area contributed by atoms with Gasteiger partial charge >= 0.3 is 11.9 Å². The van der Waals surface area contributed by atoms with Crippen molar-refractivity contribution in [3.05, 3.63) is 35.5 Å². The van der Waals surface area contributed by atoms with Crippen LogP contribution in [0, 0.1) is 0 Å². The molecule has 2 heterocycles. The first-order valence-corrected chi connectivity index (χ1v) is 8.53. The van der Waals surface area contributed by atoms with Gasteiger partial charge in [0.1, 0.15) is 11.7 Å². The van der Waals surface area contributed by atoms with Crippen LogP contribution in [0.25, 0.3) is 10.9 Å². The second-order valence-corrected chi connectivity index (χ2v) is 6.76. The van der Waals surface area contributed by atoms with Gasteiger partial charge in [0.25, 0.3) is 0 Å². The highest BCUT2D eigenvalue weighted by molar-refractivity contribution is 7.99. The average molecular weight is 334 g/mol. The minimum absolute atomic E-state index is 0.0526. The smallest absolute Gasteiger partial charge is 0.352 e. The van der Waals surface area contributed by atoms with Gasteiger partial charge in [0.15, 0.2) is 0 Å². The fourth-order valence-corrected chi connectivity index (χ4v) is 4.19. The first-order valence-electron chi connectivity index (χ1n) is 7.37. The molecule has 0 radical (unpaired) electrons. The first kappa shape index (κ1) is 15.9. The van der Waals surface area contributed by atoms with Gasteiger partial charge in [-0.25, -0.2) is 4.79 Å². The number of thioether (sulfide) groups is 1. The Labute approximate surface area is 137 Å². The highest BCUT2D eigenvalue weighted by Crippen LogP contribution is 2.35. The van der Waals surface area contributed by atoms with Crippen molar-refractivity contribution in [2.45, 2.75) is 6.04 Å². The number of carbonyl (C=O) groups is 2. The summed E-state index contributed by atoms with van der Waals surface area (Å²) in [6.45, 7) is 1.29. The summed E-state index contributed by atoms with van der Waals surface area (Å²) in [4.78, 5) is 25.6. The largest absolute Gasteiger partial charge is 0.480 e. The van der Waals surface area contributed by atoms with E-state index in [1.165, 1.54) is 0 Å². The maximum Gasteiger partial charge on any atom is 0.352 e. The Hall–Kier alpha value is -1.99. The number of carboxylic acid groups (broad SMARTS) is 2. The van der Waals surface area contributed by atoms with Crippen LogP contribution >= 0.6 is 11.8 Å². The summed E-state index contributed by atoms with van der Waals surface area (Å²) in [7, 11) is 1.67. The van der Waals surface area contributed by atoms with Crippen LogP contribution in [0.15, 0.2) is 24.3 Å². The summed E-state index contributed by atoms with van der Waals surface area (Å²) in [5, 5.41) is 20.1. The van der Waals surface area contributed by atoms with Crippen molar-refractivity contribution in [3.63, 3.8) is 0 Å². The number of hydrogen-bond donors (Lipinski definition) is 2. The van der Waals surface area contributed by atoms with Gasteiger partial charge in [-0.15, -0.1) is 0 Å². The lowest BCUT2D eigenvalue weighted by Gasteiger charge is -2.32. The fraction of sp³-hybridized carbons (Fsp3) is 0.375. The van der Waals surface area contributed by atoms with Crippen LogP contribution < -0.4 is 0 Å². The Morgan fingerprint density at radius 1 is 1.17 bits per heavy atom. The van der Waals surface area contributed by atoms with Crippen LogP contribution in [0.2, 0.25) is 0 Å². The van der Waals surface area contributed by atoms with Gasteiger partial charge in [0.05, 0.1) is 0 Å². The number of para-hydroxylation sites is 1. The second kappa shape index (κ2) is 6.25. The van der Waals surface area contributed by atoms with E-state index in [0.717, 1.165) is 17.0 Å². The van der Waals surface area contributed by atoms with Crippen LogP contribution in [0.1, 0.15) is 22.1 Å². The van der Waals surface area contributed by atoms with E-state index in [-0.39, 0.29) is 5.69 Å². The van der Waals surface area contributed by atoms with E-state index in [2.05, 4.69) is 0 Å². The molecule has 1 aliphatic rings.